The molecule has 0 radical (unpaired) electrons. The van der Waals surface area contributed by atoms with E-state index in [0.29, 0.717) is 26.3 Å². The summed E-state index contributed by atoms with van der Waals surface area (Å²) in [7, 11) is 0. The van der Waals surface area contributed by atoms with Gasteiger partial charge in [0.15, 0.2) is 0 Å². The Morgan fingerprint density at radius 3 is 2.52 bits per heavy atom. The van der Waals surface area contributed by atoms with Gasteiger partial charge in [-0.1, -0.05) is 23.7 Å². The van der Waals surface area contributed by atoms with Crippen LogP contribution in [-0.2, 0) is 16.0 Å². The van der Waals surface area contributed by atoms with E-state index in [0.717, 1.165) is 11.4 Å². The maximum absolute atomic E-state index is 12.3. The molecule has 1 fully saturated rings. The minimum atomic E-state index is -0.176. The molecule has 116 valence electrons. The molecule has 0 aliphatic carbocycles. The third-order valence-electron chi connectivity index (χ3n) is 3.68. The van der Waals surface area contributed by atoms with Crippen LogP contribution in [0.25, 0.3) is 0 Å². The Morgan fingerprint density at radius 1 is 1.29 bits per heavy atom. The smallest absolute Gasteiger partial charge is 0.239 e. The number of rotatable bonds is 5. The van der Waals surface area contributed by atoms with E-state index in [-0.39, 0.29) is 18.0 Å². The fourth-order valence-electron chi connectivity index (χ4n) is 2.59. The zero-order valence-electron chi connectivity index (χ0n) is 12.6. The van der Waals surface area contributed by atoms with Crippen LogP contribution >= 0.6 is 11.6 Å². The molecular weight excluding hydrogens is 288 g/mol. The minimum Gasteiger partial charge on any atom is -0.378 e. The van der Waals surface area contributed by atoms with Gasteiger partial charge in [-0.05, 0) is 38.0 Å². The minimum absolute atomic E-state index is 0.154. The van der Waals surface area contributed by atoms with Gasteiger partial charge in [0.25, 0.3) is 0 Å². The summed E-state index contributed by atoms with van der Waals surface area (Å²) in [5, 5.41) is 4.12. The Bertz CT molecular complexity index is 458. The van der Waals surface area contributed by atoms with Gasteiger partial charge in [-0.15, -0.1) is 0 Å². The number of nitrogens with one attached hydrogen (secondary N) is 1. The van der Waals surface area contributed by atoms with E-state index in [1.807, 2.05) is 36.1 Å². The second kappa shape index (κ2) is 7.78. The molecule has 1 aliphatic heterocycles. The molecule has 1 aliphatic rings. The van der Waals surface area contributed by atoms with Gasteiger partial charge in [-0.2, -0.15) is 0 Å². The van der Waals surface area contributed by atoms with Gasteiger partial charge in [0, 0.05) is 24.2 Å². The average molecular weight is 311 g/mol. The Hall–Kier alpha value is -1.10. The number of amides is 1. The number of halogens is 1. The van der Waals surface area contributed by atoms with Crippen molar-refractivity contribution < 1.29 is 9.53 Å². The Labute approximate surface area is 131 Å². The van der Waals surface area contributed by atoms with Gasteiger partial charge in [0.05, 0.1) is 19.3 Å². The first-order chi connectivity index (χ1) is 10.1. The van der Waals surface area contributed by atoms with Crippen LogP contribution in [0.5, 0.6) is 0 Å². The highest BCUT2D eigenvalue weighted by Gasteiger charge is 2.23. The van der Waals surface area contributed by atoms with E-state index in [2.05, 4.69) is 12.2 Å². The average Bonchev–Trinajstić information content (AvgIpc) is 2.49. The van der Waals surface area contributed by atoms with Gasteiger partial charge >= 0.3 is 0 Å². The second-order valence-electron chi connectivity index (χ2n) is 5.56. The number of hydrogen-bond donors (Lipinski definition) is 1. The molecule has 21 heavy (non-hydrogen) atoms. The first-order valence-electron chi connectivity index (χ1n) is 7.43. The van der Waals surface area contributed by atoms with Crippen molar-refractivity contribution in [1.29, 1.82) is 0 Å². The fourth-order valence-corrected chi connectivity index (χ4v) is 2.71. The molecule has 0 bridgehead atoms. The SMILES string of the molecule is CC(Cc1ccc(Cl)cc1)NC(C)C(=O)N1CCOCC1. The fraction of sp³-hybridized carbons (Fsp3) is 0.562. The zero-order valence-corrected chi connectivity index (χ0v) is 13.4. The van der Waals surface area contributed by atoms with Gasteiger partial charge < -0.3 is 15.0 Å². The van der Waals surface area contributed by atoms with Crippen molar-refractivity contribution in [3.05, 3.63) is 34.9 Å². The van der Waals surface area contributed by atoms with Gasteiger partial charge in [0.1, 0.15) is 0 Å². The molecule has 2 unspecified atom stereocenters. The van der Waals surface area contributed by atoms with Gasteiger partial charge in [0.2, 0.25) is 5.91 Å². The molecule has 0 saturated carbocycles. The summed E-state index contributed by atoms with van der Waals surface area (Å²) >= 11 is 5.88. The molecule has 1 amide bonds. The molecule has 4 nitrogen and oxygen atoms in total. The number of nitrogens with zero attached hydrogens (tertiary/aromatic N) is 1. The van der Waals surface area contributed by atoms with Crippen LogP contribution in [0.4, 0.5) is 0 Å². The zero-order chi connectivity index (χ0) is 15.2. The molecule has 1 aromatic carbocycles. The van der Waals surface area contributed by atoms with Crippen LogP contribution in [0.3, 0.4) is 0 Å². The maximum atomic E-state index is 12.3. The van der Waals surface area contributed by atoms with E-state index in [9.17, 15) is 4.79 Å². The lowest BCUT2D eigenvalue weighted by Gasteiger charge is -2.30. The molecule has 0 spiro atoms. The van der Waals surface area contributed by atoms with Crippen molar-refractivity contribution >= 4 is 17.5 Å². The van der Waals surface area contributed by atoms with Crippen LogP contribution in [0.2, 0.25) is 5.02 Å². The first kappa shape index (κ1) is 16.3. The van der Waals surface area contributed by atoms with Crippen molar-refractivity contribution in [3.8, 4) is 0 Å². The monoisotopic (exact) mass is 310 g/mol. The normalized spacial score (nSPS) is 18.3. The van der Waals surface area contributed by atoms with Crippen LogP contribution in [0.15, 0.2) is 24.3 Å². The van der Waals surface area contributed by atoms with Crippen LogP contribution in [0.1, 0.15) is 19.4 Å². The molecule has 2 rings (SSSR count). The molecule has 1 N–H and O–H groups in total. The summed E-state index contributed by atoms with van der Waals surface area (Å²) in [6.45, 7) is 6.68. The summed E-state index contributed by atoms with van der Waals surface area (Å²) in [6, 6.07) is 7.89. The number of hydrogen-bond acceptors (Lipinski definition) is 3. The lowest BCUT2D eigenvalue weighted by atomic mass is 10.1. The molecule has 1 heterocycles. The number of carbonyl (C=O) groups is 1. The summed E-state index contributed by atoms with van der Waals surface area (Å²) < 4.78 is 5.27. The van der Waals surface area contributed by atoms with Crippen molar-refractivity contribution in [2.24, 2.45) is 0 Å². The Balaban J connectivity index is 1.82. The second-order valence-corrected chi connectivity index (χ2v) is 5.99. The maximum Gasteiger partial charge on any atom is 0.239 e. The molecule has 1 aromatic rings. The van der Waals surface area contributed by atoms with Crippen LogP contribution < -0.4 is 5.32 Å². The van der Waals surface area contributed by atoms with Gasteiger partial charge in [-0.3, -0.25) is 4.79 Å². The lowest BCUT2D eigenvalue weighted by Crippen LogP contribution is -2.51. The topological polar surface area (TPSA) is 41.6 Å². The van der Waals surface area contributed by atoms with Crippen molar-refractivity contribution in [1.82, 2.24) is 10.2 Å². The lowest BCUT2D eigenvalue weighted by molar-refractivity contribution is -0.137. The molecular formula is C16H23ClN2O2. The largest absolute Gasteiger partial charge is 0.378 e. The quantitative estimate of drug-likeness (QED) is 0.905. The predicted octanol–water partition coefficient (Wildman–Crippen LogP) is 2.11. The predicted molar refractivity (Wildman–Crippen MR) is 84.6 cm³/mol. The van der Waals surface area contributed by atoms with Crippen molar-refractivity contribution in [3.63, 3.8) is 0 Å². The van der Waals surface area contributed by atoms with E-state index in [1.54, 1.807) is 0 Å². The number of carbonyl (C=O) groups excluding carboxylic acids is 1. The number of benzene rings is 1. The standard InChI is InChI=1S/C16H23ClN2O2/c1-12(11-14-3-5-15(17)6-4-14)18-13(2)16(20)19-7-9-21-10-8-19/h3-6,12-13,18H,7-11H2,1-2H3. The van der Waals surface area contributed by atoms with Crippen LogP contribution in [0, 0.1) is 0 Å². The molecule has 5 heteroatoms. The molecule has 2 atom stereocenters. The van der Waals surface area contributed by atoms with E-state index >= 15 is 0 Å². The van der Waals surface area contributed by atoms with Crippen LogP contribution in [-0.4, -0.2) is 49.2 Å². The van der Waals surface area contributed by atoms with Crippen molar-refractivity contribution in [2.75, 3.05) is 26.3 Å². The van der Waals surface area contributed by atoms with E-state index < -0.39 is 0 Å². The van der Waals surface area contributed by atoms with E-state index in [1.165, 1.54) is 5.56 Å². The number of morpholine rings is 1. The highest BCUT2D eigenvalue weighted by molar-refractivity contribution is 6.30. The highest BCUT2D eigenvalue weighted by Crippen LogP contribution is 2.11. The number of ether oxygens (including phenoxy) is 1. The highest BCUT2D eigenvalue weighted by atomic mass is 35.5. The van der Waals surface area contributed by atoms with E-state index in [4.69, 9.17) is 16.3 Å². The van der Waals surface area contributed by atoms with Crippen molar-refractivity contribution in [2.45, 2.75) is 32.4 Å². The van der Waals surface area contributed by atoms with Gasteiger partial charge in [-0.25, -0.2) is 0 Å². The Morgan fingerprint density at radius 2 is 1.90 bits per heavy atom. The molecule has 0 aromatic heterocycles. The third kappa shape index (κ3) is 4.99. The summed E-state index contributed by atoms with van der Waals surface area (Å²) in [5.41, 5.74) is 1.21. The molecule has 1 saturated heterocycles. The summed E-state index contributed by atoms with van der Waals surface area (Å²) in [6.07, 6.45) is 0.873. The summed E-state index contributed by atoms with van der Waals surface area (Å²) in [4.78, 5) is 14.2. The Kier molecular flexibility index (Phi) is 6.03. The summed E-state index contributed by atoms with van der Waals surface area (Å²) in [5.74, 6) is 0.154. The third-order valence-corrected chi connectivity index (χ3v) is 3.93. The first-order valence-corrected chi connectivity index (χ1v) is 7.81.